The zero-order valence-electron chi connectivity index (χ0n) is 18.5. The molecular formula is C29H22N4O. The number of carbonyl (C=O) groups is 1. The molecule has 34 heavy (non-hydrogen) atoms. The fourth-order valence-electron chi connectivity index (χ4n) is 5.53. The molecule has 4 atom stereocenters. The van der Waals surface area contributed by atoms with E-state index in [1.807, 2.05) is 71.6 Å². The highest BCUT2D eigenvalue weighted by molar-refractivity contribution is 6.01. The molecule has 0 aromatic heterocycles. The van der Waals surface area contributed by atoms with Gasteiger partial charge in [0.2, 0.25) is 0 Å². The Morgan fingerprint density at radius 1 is 0.912 bits per heavy atom. The van der Waals surface area contributed by atoms with Crippen molar-refractivity contribution in [1.29, 1.82) is 15.8 Å². The summed E-state index contributed by atoms with van der Waals surface area (Å²) in [6.07, 6.45) is 7.40. The lowest BCUT2D eigenvalue weighted by Crippen LogP contribution is -2.39. The second-order valence-electron chi connectivity index (χ2n) is 8.96. The molecule has 0 radical (unpaired) electrons. The van der Waals surface area contributed by atoms with E-state index in [-0.39, 0.29) is 35.2 Å². The smallest absolute Gasteiger partial charge is 0.185 e. The lowest BCUT2D eigenvalue weighted by molar-refractivity contribution is 0.0881. The summed E-state index contributed by atoms with van der Waals surface area (Å²) < 4.78 is 0. The van der Waals surface area contributed by atoms with Crippen LogP contribution in [-0.2, 0) is 0 Å². The molecule has 2 aromatic rings. The highest BCUT2D eigenvalue weighted by Gasteiger charge is 2.55. The largest absolute Gasteiger partial charge is 0.358 e. The zero-order chi connectivity index (χ0) is 23.7. The van der Waals surface area contributed by atoms with E-state index < -0.39 is 6.04 Å². The van der Waals surface area contributed by atoms with Crippen molar-refractivity contribution >= 4 is 5.78 Å². The Morgan fingerprint density at radius 3 is 2.15 bits per heavy atom. The number of Topliss-reactive ketones (excluding diaryl/α,β-unsaturated/α-hetero) is 1. The number of benzene rings is 2. The first-order valence-corrected chi connectivity index (χ1v) is 11.4. The third-order valence-electron chi connectivity index (χ3n) is 7.05. The first-order chi connectivity index (χ1) is 16.7. The maximum absolute atomic E-state index is 14.0. The van der Waals surface area contributed by atoms with Crippen molar-refractivity contribution in [2.45, 2.75) is 30.8 Å². The number of rotatable bonds is 5. The van der Waals surface area contributed by atoms with Crippen LogP contribution in [0.4, 0.5) is 0 Å². The Kier molecular flexibility index (Phi) is 5.59. The van der Waals surface area contributed by atoms with Crippen molar-refractivity contribution in [1.82, 2.24) is 4.90 Å². The molecule has 0 N–H and O–H groups in total. The average molecular weight is 443 g/mol. The summed E-state index contributed by atoms with van der Waals surface area (Å²) in [5.41, 5.74) is 3.09. The molecule has 1 aliphatic carbocycles. The van der Waals surface area contributed by atoms with E-state index in [0.717, 1.165) is 24.0 Å². The van der Waals surface area contributed by atoms with Crippen molar-refractivity contribution in [3.8, 4) is 18.2 Å². The van der Waals surface area contributed by atoms with Crippen LogP contribution in [0.5, 0.6) is 0 Å². The summed E-state index contributed by atoms with van der Waals surface area (Å²) in [5, 5.41) is 29.3. The Bertz CT molecular complexity index is 1310. The Morgan fingerprint density at radius 2 is 1.56 bits per heavy atom. The molecule has 0 amide bonds. The van der Waals surface area contributed by atoms with Gasteiger partial charge in [0.05, 0.1) is 17.7 Å². The first kappa shape index (κ1) is 21.4. The molecule has 3 aliphatic rings. The Hall–Kier alpha value is -4.40. The number of fused-ring (bicyclic) bond motifs is 1. The molecule has 1 saturated heterocycles. The summed E-state index contributed by atoms with van der Waals surface area (Å²) in [5.74, 6) is -0.358. The standard InChI is InChI=1S/C29H22N4O/c30-15-19-11-14-24-27(25(21-12-13-21)23(16-31)17-32)26(20-7-3-1-4-8-20)28(33(24)18-19)29(34)22-9-5-2-6-10-22/h1-11,14,18,21,24,26-28H,12-13H2/t24-,26+,27+,28+/m1/s1. The molecule has 0 unspecified atom stereocenters. The number of ketones is 1. The van der Waals surface area contributed by atoms with Crippen LogP contribution in [0.1, 0.15) is 34.7 Å². The molecule has 5 heteroatoms. The summed E-state index contributed by atoms with van der Waals surface area (Å²) in [6.45, 7) is 0. The van der Waals surface area contributed by atoms with Crippen LogP contribution in [0.25, 0.3) is 0 Å². The molecular weight excluding hydrogens is 420 g/mol. The number of nitriles is 3. The number of hydrogen-bond donors (Lipinski definition) is 0. The molecule has 5 rings (SSSR count). The van der Waals surface area contributed by atoms with Gasteiger partial charge in [-0.3, -0.25) is 4.79 Å². The van der Waals surface area contributed by atoms with Gasteiger partial charge in [0.25, 0.3) is 0 Å². The van der Waals surface area contributed by atoms with E-state index >= 15 is 0 Å². The van der Waals surface area contributed by atoms with Gasteiger partial charge in [-0.1, -0.05) is 66.7 Å². The molecule has 0 bridgehead atoms. The van der Waals surface area contributed by atoms with E-state index in [1.165, 1.54) is 0 Å². The Labute approximate surface area is 199 Å². The number of hydrogen-bond acceptors (Lipinski definition) is 5. The van der Waals surface area contributed by atoms with Crippen molar-refractivity contribution in [2.75, 3.05) is 0 Å². The van der Waals surface area contributed by atoms with Gasteiger partial charge in [0, 0.05) is 23.6 Å². The highest BCUT2D eigenvalue weighted by atomic mass is 16.1. The molecule has 2 fully saturated rings. The van der Waals surface area contributed by atoms with Crippen LogP contribution >= 0.6 is 0 Å². The fraction of sp³-hybridized carbons (Fsp3) is 0.241. The van der Waals surface area contributed by atoms with Crippen LogP contribution in [0, 0.1) is 45.8 Å². The molecule has 2 aliphatic heterocycles. The summed E-state index contributed by atoms with van der Waals surface area (Å²) >= 11 is 0. The molecule has 164 valence electrons. The van der Waals surface area contributed by atoms with Crippen molar-refractivity contribution in [3.05, 3.63) is 107 Å². The quantitative estimate of drug-likeness (QED) is 0.477. The van der Waals surface area contributed by atoms with Crippen LogP contribution in [0.3, 0.4) is 0 Å². The van der Waals surface area contributed by atoms with Gasteiger partial charge in [-0.15, -0.1) is 0 Å². The third kappa shape index (κ3) is 3.61. The number of carbonyl (C=O) groups excluding carboxylic acids is 1. The molecule has 2 aromatic carbocycles. The molecule has 5 nitrogen and oxygen atoms in total. The maximum Gasteiger partial charge on any atom is 0.185 e. The van der Waals surface area contributed by atoms with Crippen LogP contribution < -0.4 is 0 Å². The molecule has 2 heterocycles. The van der Waals surface area contributed by atoms with E-state index in [9.17, 15) is 20.6 Å². The average Bonchev–Trinajstić information content (AvgIpc) is 3.68. The number of nitrogens with zero attached hydrogens (tertiary/aromatic N) is 4. The van der Waals surface area contributed by atoms with Gasteiger partial charge < -0.3 is 4.90 Å². The lowest BCUT2D eigenvalue weighted by Gasteiger charge is -2.31. The third-order valence-corrected chi connectivity index (χ3v) is 7.05. The van der Waals surface area contributed by atoms with E-state index in [1.54, 1.807) is 12.3 Å². The fourth-order valence-corrected chi connectivity index (χ4v) is 5.53. The summed E-state index contributed by atoms with van der Waals surface area (Å²) in [6, 6.07) is 24.8. The summed E-state index contributed by atoms with van der Waals surface area (Å²) in [7, 11) is 0. The van der Waals surface area contributed by atoms with Crippen molar-refractivity contribution in [2.24, 2.45) is 11.8 Å². The predicted molar refractivity (Wildman–Crippen MR) is 127 cm³/mol. The van der Waals surface area contributed by atoms with Crippen molar-refractivity contribution < 1.29 is 4.79 Å². The van der Waals surface area contributed by atoms with Crippen LogP contribution in [0.2, 0.25) is 0 Å². The topological polar surface area (TPSA) is 91.7 Å². The van der Waals surface area contributed by atoms with E-state index in [2.05, 4.69) is 18.2 Å². The monoisotopic (exact) mass is 442 g/mol. The van der Waals surface area contributed by atoms with Gasteiger partial charge in [-0.25, -0.2) is 0 Å². The first-order valence-electron chi connectivity index (χ1n) is 11.4. The zero-order valence-corrected chi connectivity index (χ0v) is 18.5. The van der Waals surface area contributed by atoms with Gasteiger partial charge in [0.15, 0.2) is 5.78 Å². The lowest BCUT2D eigenvalue weighted by atomic mass is 9.73. The minimum Gasteiger partial charge on any atom is -0.358 e. The minimum absolute atomic E-state index is 0.0311. The van der Waals surface area contributed by atoms with E-state index in [4.69, 9.17) is 0 Å². The van der Waals surface area contributed by atoms with E-state index in [0.29, 0.717) is 11.1 Å². The number of allylic oxidation sites excluding steroid dienone is 3. The van der Waals surface area contributed by atoms with Gasteiger partial charge >= 0.3 is 0 Å². The maximum atomic E-state index is 14.0. The van der Waals surface area contributed by atoms with Crippen LogP contribution in [-0.4, -0.2) is 22.8 Å². The SMILES string of the molecule is N#CC1=CN2[C@H](C=C1)[C@@H](C(=C(C#N)C#N)C1CC1)[C@H](c1ccccc1)[C@H]2C(=O)c1ccccc1. The van der Waals surface area contributed by atoms with Crippen LogP contribution in [0.15, 0.2) is 95.7 Å². The molecule has 0 spiro atoms. The van der Waals surface area contributed by atoms with Gasteiger partial charge in [0.1, 0.15) is 23.8 Å². The second-order valence-corrected chi connectivity index (χ2v) is 8.96. The van der Waals surface area contributed by atoms with Gasteiger partial charge in [-0.2, -0.15) is 15.8 Å². The van der Waals surface area contributed by atoms with Gasteiger partial charge in [-0.05, 0) is 36.0 Å². The van der Waals surface area contributed by atoms with Crippen molar-refractivity contribution in [3.63, 3.8) is 0 Å². The normalized spacial score (nSPS) is 24.7. The Balaban J connectivity index is 1.75. The molecule has 1 saturated carbocycles. The second kappa shape index (κ2) is 8.86. The predicted octanol–water partition coefficient (Wildman–Crippen LogP) is 5.05. The summed E-state index contributed by atoms with van der Waals surface area (Å²) in [4.78, 5) is 16.0. The highest BCUT2D eigenvalue weighted by Crippen LogP contribution is 2.54. The minimum atomic E-state index is -0.569.